The van der Waals surface area contributed by atoms with Gasteiger partial charge in [0, 0.05) is 36.4 Å². The molecule has 3 heterocycles. The van der Waals surface area contributed by atoms with E-state index >= 15 is 0 Å². The van der Waals surface area contributed by atoms with Crippen molar-refractivity contribution in [3.63, 3.8) is 0 Å². The molecule has 1 aliphatic rings. The number of carbonyl (C=O) groups excluding carboxylic acids is 1. The lowest BCUT2D eigenvalue weighted by Crippen LogP contribution is -2.36. The van der Waals surface area contributed by atoms with Crippen molar-refractivity contribution < 1.29 is 9.18 Å². The molecule has 8 nitrogen and oxygen atoms in total. The molecule has 0 aliphatic carbocycles. The molecule has 1 aliphatic heterocycles. The molecule has 0 saturated carbocycles. The maximum Gasteiger partial charge on any atom is 0.353 e. The van der Waals surface area contributed by atoms with Crippen molar-refractivity contribution in [1.29, 1.82) is 0 Å². The van der Waals surface area contributed by atoms with Gasteiger partial charge in [-0.05, 0) is 42.2 Å². The van der Waals surface area contributed by atoms with Crippen molar-refractivity contribution in [2.75, 3.05) is 11.4 Å². The summed E-state index contributed by atoms with van der Waals surface area (Å²) in [6, 6.07) is 13.9. The van der Waals surface area contributed by atoms with Gasteiger partial charge in [0.1, 0.15) is 12.4 Å². The first-order chi connectivity index (χ1) is 16.4. The lowest BCUT2D eigenvalue weighted by molar-refractivity contribution is -0.122. The SMILES string of the molecule is Cc1cc2nn(CC(=O)NCc3ccc(F)cc3Cl)c(=O)n2c(N2CCc3ccccc3C2)n1. The number of fused-ring (bicyclic) bond motifs is 2. The van der Waals surface area contributed by atoms with Gasteiger partial charge in [0.25, 0.3) is 0 Å². The maximum atomic E-state index is 13.2. The molecule has 174 valence electrons. The predicted molar refractivity (Wildman–Crippen MR) is 126 cm³/mol. The highest BCUT2D eigenvalue weighted by molar-refractivity contribution is 6.31. The molecule has 0 fully saturated rings. The predicted octanol–water partition coefficient (Wildman–Crippen LogP) is 2.87. The van der Waals surface area contributed by atoms with E-state index in [9.17, 15) is 14.0 Å². The van der Waals surface area contributed by atoms with Crippen molar-refractivity contribution in [2.24, 2.45) is 0 Å². The number of amides is 1. The van der Waals surface area contributed by atoms with E-state index in [0.29, 0.717) is 23.7 Å². The van der Waals surface area contributed by atoms with Crippen molar-refractivity contribution in [3.05, 3.63) is 92.2 Å². The van der Waals surface area contributed by atoms with E-state index in [0.717, 1.165) is 23.3 Å². The second kappa shape index (κ2) is 8.90. The number of hydrogen-bond donors (Lipinski definition) is 1. The molecule has 0 radical (unpaired) electrons. The molecule has 10 heteroatoms. The Bertz CT molecular complexity index is 1460. The first-order valence-corrected chi connectivity index (χ1v) is 11.3. The highest BCUT2D eigenvalue weighted by Gasteiger charge is 2.22. The number of hydrogen-bond acceptors (Lipinski definition) is 5. The van der Waals surface area contributed by atoms with Gasteiger partial charge >= 0.3 is 5.69 Å². The van der Waals surface area contributed by atoms with E-state index in [1.807, 2.05) is 19.1 Å². The zero-order valence-electron chi connectivity index (χ0n) is 18.5. The number of aryl methyl sites for hydroxylation is 1. The Labute approximate surface area is 199 Å². The van der Waals surface area contributed by atoms with Gasteiger partial charge in [-0.3, -0.25) is 4.79 Å². The summed E-state index contributed by atoms with van der Waals surface area (Å²) in [7, 11) is 0. The van der Waals surface area contributed by atoms with Crippen LogP contribution in [0.3, 0.4) is 0 Å². The van der Waals surface area contributed by atoms with Gasteiger partial charge in [-0.15, -0.1) is 5.10 Å². The van der Waals surface area contributed by atoms with Crippen molar-refractivity contribution in [1.82, 2.24) is 24.5 Å². The second-order valence-corrected chi connectivity index (χ2v) is 8.69. The Morgan fingerprint density at radius 3 is 2.76 bits per heavy atom. The number of rotatable bonds is 5. The summed E-state index contributed by atoms with van der Waals surface area (Å²) in [6.45, 7) is 3.06. The average Bonchev–Trinajstić information content (AvgIpc) is 3.12. The van der Waals surface area contributed by atoms with Crippen molar-refractivity contribution in [2.45, 2.75) is 33.0 Å². The van der Waals surface area contributed by atoms with E-state index in [4.69, 9.17) is 11.6 Å². The zero-order valence-corrected chi connectivity index (χ0v) is 19.2. The third-order valence-corrected chi connectivity index (χ3v) is 6.23. The lowest BCUT2D eigenvalue weighted by Gasteiger charge is -2.29. The number of aromatic nitrogens is 4. The van der Waals surface area contributed by atoms with Gasteiger partial charge in [-0.1, -0.05) is 41.9 Å². The highest BCUT2D eigenvalue weighted by Crippen LogP contribution is 2.23. The van der Waals surface area contributed by atoms with Crippen LogP contribution in [-0.4, -0.2) is 31.6 Å². The molecular weight excluding hydrogens is 459 g/mol. The number of carbonyl (C=O) groups is 1. The first kappa shape index (κ1) is 22.1. The van der Waals surface area contributed by atoms with Crippen LogP contribution in [0.2, 0.25) is 5.02 Å². The monoisotopic (exact) mass is 480 g/mol. The minimum atomic E-state index is -0.451. The molecule has 1 amide bonds. The fourth-order valence-electron chi connectivity index (χ4n) is 4.17. The molecule has 2 aromatic carbocycles. The number of nitrogens with zero attached hydrogens (tertiary/aromatic N) is 5. The molecule has 0 saturated heterocycles. The van der Waals surface area contributed by atoms with E-state index in [2.05, 4.69) is 32.4 Å². The van der Waals surface area contributed by atoms with Crippen LogP contribution in [0.5, 0.6) is 0 Å². The fraction of sp³-hybridized carbons (Fsp3) is 0.250. The summed E-state index contributed by atoms with van der Waals surface area (Å²) in [6.07, 6.45) is 0.852. The number of benzene rings is 2. The van der Waals surface area contributed by atoms with Gasteiger partial charge < -0.3 is 10.2 Å². The third kappa shape index (κ3) is 4.26. The van der Waals surface area contributed by atoms with Crippen LogP contribution in [0.15, 0.2) is 53.3 Å². The molecule has 34 heavy (non-hydrogen) atoms. The smallest absolute Gasteiger partial charge is 0.350 e. The molecule has 0 bridgehead atoms. The topological polar surface area (TPSA) is 84.5 Å². The Balaban J connectivity index is 1.39. The largest absolute Gasteiger partial charge is 0.353 e. The van der Waals surface area contributed by atoms with Crippen LogP contribution in [0.1, 0.15) is 22.4 Å². The second-order valence-electron chi connectivity index (χ2n) is 8.28. The molecule has 2 aromatic heterocycles. The number of anilines is 1. The standard InChI is InChI=1S/C24H22ClFN6O2/c1-15-10-21-29-31(14-22(33)27-12-17-6-7-19(26)11-20(17)25)24(34)32(21)23(28-15)30-9-8-16-4-2-3-5-18(16)13-30/h2-7,10-11H,8-9,12-14H2,1H3,(H,27,33). The fourth-order valence-corrected chi connectivity index (χ4v) is 4.40. The molecule has 5 rings (SSSR count). The molecular formula is C24H22ClFN6O2. The Kier molecular flexibility index (Phi) is 5.79. The summed E-state index contributed by atoms with van der Waals surface area (Å²) < 4.78 is 15.8. The van der Waals surface area contributed by atoms with E-state index in [1.54, 1.807) is 6.07 Å². The summed E-state index contributed by atoms with van der Waals surface area (Å²) in [5.74, 6) is -0.350. The minimum absolute atomic E-state index is 0.110. The number of nitrogens with one attached hydrogen (secondary N) is 1. The Hall–Kier alpha value is -3.72. The van der Waals surface area contributed by atoms with Gasteiger partial charge in [0.05, 0.1) is 0 Å². The summed E-state index contributed by atoms with van der Waals surface area (Å²) >= 11 is 6.02. The Morgan fingerprint density at radius 2 is 1.97 bits per heavy atom. The number of halogens is 2. The molecule has 4 aromatic rings. The zero-order chi connectivity index (χ0) is 23.8. The summed E-state index contributed by atoms with van der Waals surface area (Å²) in [4.78, 5) is 32.4. The van der Waals surface area contributed by atoms with Crippen LogP contribution >= 0.6 is 11.6 Å². The molecule has 0 spiro atoms. The normalized spacial score (nSPS) is 13.2. The minimum Gasteiger partial charge on any atom is -0.350 e. The Morgan fingerprint density at radius 1 is 1.18 bits per heavy atom. The van der Waals surface area contributed by atoms with Crippen LogP contribution in [-0.2, 0) is 30.8 Å². The van der Waals surface area contributed by atoms with E-state index < -0.39 is 17.4 Å². The quantitative estimate of drug-likeness (QED) is 0.475. The molecule has 0 unspecified atom stereocenters. The lowest BCUT2D eigenvalue weighted by atomic mass is 10.0. The first-order valence-electron chi connectivity index (χ1n) is 10.9. The van der Waals surface area contributed by atoms with Gasteiger partial charge in [0.2, 0.25) is 11.9 Å². The van der Waals surface area contributed by atoms with Crippen LogP contribution in [0.4, 0.5) is 10.3 Å². The van der Waals surface area contributed by atoms with Crippen LogP contribution < -0.4 is 15.9 Å². The van der Waals surface area contributed by atoms with Gasteiger partial charge in [0.15, 0.2) is 5.65 Å². The third-order valence-electron chi connectivity index (χ3n) is 5.88. The van der Waals surface area contributed by atoms with Gasteiger partial charge in [-0.25, -0.2) is 23.3 Å². The molecule has 0 atom stereocenters. The van der Waals surface area contributed by atoms with Gasteiger partial charge in [-0.2, -0.15) is 0 Å². The van der Waals surface area contributed by atoms with E-state index in [-0.39, 0.29) is 18.1 Å². The van der Waals surface area contributed by atoms with Crippen LogP contribution in [0, 0.1) is 12.7 Å². The summed E-state index contributed by atoms with van der Waals surface area (Å²) in [5, 5.41) is 7.28. The average molecular weight is 481 g/mol. The maximum absolute atomic E-state index is 13.2. The summed E-state index contributed by atoms with van der Waals surface area (Å²) in [5.41, 5.74) is 3.79. The van der Waals surface area contributed by atoms with Crippen molar-refractivity contribution >= 4 is 29.1 Å². The van der Waals surface area contributed by atoms with Crippen molar-refractivity contribution in [3.8, 4) is 0 Å². The highest BCUT2D eigenvalue weighted by atomic mass is 35.5. The molecule has 1 N–H and O–H groups in total. The van der Waals surface area contributed by atoms with E-state index in [1.165, 1.54) is 33.7 Å². The van der Waals surface area contributed by atoms with Crippen LogP contribution in [0.25, 0.3) is 5.65 Å².